The zero-order valence-electron chi connectivity index (χ0n) is 29.2. The molecule has 4 heterocycles. The minimum absolute atomic E-state index is 0.104. The van der Waals surface area contributed by atoms with Gasteiger partial charge in [0.15, 0.2) is 0 Å². The van der Waals surface area contributed by atoms with E-state index in [9.17, 15) is 22.8 Å². The number of H-pyrrole nitrogens is 1. The number of benzene rings is 2. The van der Waals surface area contributed by atoms with Crippen LogP contribution in [0.5, 0.6) is 0 Å². The third-order valence-electron chi connectivity index (χ3n) is 9.45. The van der Waals surface area contributed by atoms with Crippen molar-refractivity contribution in [3.8, 4) is 16.9 Å². The Morgan fingerprint density at radius 1 is 1.06 bits per heavy atom. The number of aromatic amines is 1. The molecule has 0 saturated heterocycles. The highest BCUT2D eigenvalue weighted by Crippen LogP contribution is 2.41. The maximum atomic E-state index is 16.9. The van der Waals surface area contributed by atoms with Gasteiger partial charge in [0.05, 0.1) is 34.2 Å². The van der Waals surface area contributed by atoms with Crippen LogP contribution in [0.25, 0.3) is 27.8 Å². The molecule has 11 nitrogen and oxygen atoms in total. The molecule has 0 bridgehead atoms. The number of carboxylic acid groups (broad SMARTS) is 1. The summed E-state index contributed by atoms with van der Waals surface area (Å²) in [6.07, 6.45) is 0.491. The van der Waals surface area contributed by atoms with E-state index in [1.165, 1.54) is 6.07 Å². The smallest absolute Gasteiger partial charge is 0.419 e. The van der Waals surface area contributed by atoms with Crippen molar-refractivity contribution in [2.75, 3.05) is 18.0 Å². The first kappa shape index (κ1) is 36.5. The molecule has 2 aromatic carbocycles. The number of hydrogen-bond donors (Lipinski definition) is 4. The second-order valence-corrected chi connectivity index (χ2v) is 13.1. The Kier molecular flexibility index (Phi) is 10.3. The van der Waals surface area contributed by atoms with Gasteiger partial charge in [0.25, 0.3) is 0 Å². The monoisotopic (exact) mass is 720 g/mol. The maximum absolute atomic E-state index is 16.9. The molecule has 6 rings (SSSR count). The van der Waals surface area contributed by atoms with E-state index in [2.05, 4.69) is 25.6 Å². The Hall–Kier alpha value is -5.31. The standard InChI is InChI=1S/C37H40F4N8O3/c1-5-21-8-7-9-22(6-2)33(21)49-34(26-19-48(13-11-28(26)47-49)36-45-16-24(17-46-36)37(39,40)41)30-25-10-12-42-32(25)23(14-27(30)38)15-43-31(20(3)4)35(52)44-18-29(50)51/h7-10,12,14,16-17,20,31,42-43H,5-6,11,13,15,18-19H2,1-4H3,(H,44,52)(H,50,51)/t31-/m0/s1. The van der Waals surface area contributed by atoms with Gasteiger partial charge in [-0.1, -0.05) is 45.9 Å². The van der Waals surface area contributed by atoms with Crippen LogP contribution in [0.3, 0.4) is 0 Å². The summed E-state index contributed by atoms with van der Waals surface area (Å²) in [5.74, 6) is -2.23. The number of aliphatic carboxylic acids is 1. The lowest BCUT2D eigenvalue weighted by molar-refractivity contribution is -0.138. The summed E-state index contributed by atoms with van der Waals surface area (Å²) in [6.45, 7) is 7.91. The zero-order valence-corrected chi connectivity index (χ0v) is 29.2. The Bertz CT molecular complexity index is 2080. The number of rotatable bonds is 12. The highest BCUT2D eigenvalue weighted by atomic mass is 19.4. The predicted octanol–water partition coefficient (Wildman–Crippen LogP) is 5.97. The molecular weight excluding hydrogens is 680 g/mol. The minimum atomic E-state index is -4.57. The predicted molar refractivity (Wildman–Crippen MR) is 187 cm³/mol. The highest BCUT2D eigenvalue weighted by Gasteiger charge is 2.34. The summed E-state index contributed by atoms with van der Waals surface area (Å²) in [7, 11) is 0. The third kappa shape index (κ3) is 7.09. The molecule has 1 aliphatic heterocycles. The number of carboxylic acids is 1. The summed E-state index contributed by atoms with van der Waals surface area (Å²) in [5, 5.41) is 20.3. The van der Waals surface area contributed by atoms with Crippen molar-refractivity contribution in [1.29, 1.82) is 0 Å². The first-order valence-corrected chi connectivity index (χ1v) is 17.2. The summed E-state index contributed by atoms with van der Waals surface area (Å²) < 4.78 is 58.6. The summed E-state index contributed by atoms with van der Waals surface area (Å²) in [4.78, 5) is 36.9. The topological polar surface area (TPSA) is 141 Å². The Morgan fingerprint density at radius 3 is 2.37 bits per heavy atom. The van der Waals surface area contributed by atoms with Crippen LogP contribution >= 0.6 is 0 Å². The lowest BCUT2D eigenvalue weighted by Crippen LogP contribution is -2.48. The first-order chi connectivity index (χ1) is 24.8. The number of aromatic nitrogens is 5. The van der Waals surface area contributed by atoms with Crippen molar-refractivity contribution in [3.63, 3.8) is 0 Å². The summed E-state index contributed by atoms with van der Waals surface area (Å²) >= 11 is 0. The van der Waals surface area contributed by atoms with Crippen molar-refractivity contribution < 1.29 is 32.3 Å². The van der Waals surface area contributed by atoms with Gasteiger partial charge in [-0.05, 0) is 47.6 Å². The van der Waals surface area contributed by atoms with Crippen LogP contribution in [-0.2, 0) is 48.1 Å². The first-order valence-electron chi connectivity index (χ1n) is 17.2. The number of para-hydroxylation sites is 1. The molecule has 0 saturated carbocycles. The third-order valence-corrected chi connectivity index (χ3v) is 9.45. The molecule has 0 spiro atoms. The number of fused-ring (bicyclic) bond motifs is 2. The molecule has 1 atom stereocenters. The number of amides is 1. The van der Waals surface area contributed by atoms with Crippen LogP contribution < -0.4 is 15.5 Å². The fraction of sp³-hybridized carbons (Fsp3) is 0.378. The quantitative estimate of drug-likeness (QED) is 0.116. The van der Waals surface area contributed by atoms with Gasteiger partial charge in [0.2, 0.25) is 11.9 Å². The molecular formula is C37H40F4N8O3. The van der Waals surface area contributed by atoms with Crippen LogP contribution in [0.1, 0.15) is 61.2 Å². The number of aryl methyl sites for hydroxylation is 2. The minimum Gasteiger partial charge on any atom is -0.480 e. The molecule has 1 amide bonds. The lowest BCUT2D eigenvalue weighted by Gasteiger charge is -2.27. The largest absolute Gasteiger partial charge is 0.480 e. The number of anilines is 1. The molecule has 15 heteroatoms. The average Bonchev–Trinajstić information content (AvgIpc) is 3.75. The second kappa shape index (κ2) is 14.7. The van der Waals surface area contributed by atoms with E-state index in [1.807, 2.05) is 50.6 Å². The van der Waals surface area contributed by atoms with Gasteiger partial charge in [-0.15, -0.1) is 0 Å². The molecule has 5 aromatic rings. The van der Waals surface area contributed by atoms with Gasteiger partial charge >= 0.3 is 12.1 Å². The number of carbonyl (C=O) groups excluding carboxylic acids is 1. The number of hydrogen-bond acceptors (Lipinski definition) is 7. The van der Waals surface area contributed by atoms with Crippen LogP contribution in [0.2, 0.25) is 0 Å². The Balaban J connectivity index is 1.47. The second-order valence-electron chi connectivity index (χ2n) is 13.1. The zero-order chi connectivity index (χ0) is 37.3. The molecule has 0 fully saturated rings. The van der Waals surface area contributed by atoms with Gasteiger partial charge < -0.3 is 25.6 Å². The molecule has 0 unspecified atom stereocenters. The molecule has 52 heavy (non-hydrogen) atoms. The van der Waals surface area contributed by atoms with Crippen molar-refractivity contribution in [3.05, 3.63) is 88.3 Å². The number of carbonyl (C=O) groups is 2. The average molecular weight is 721 g/mol. The van der Waals surface area contributed by atoms with Crippen molar-refractivity contribution in [2.45, 2.75) is 72.3 Å². The number of nitrogens with zero attached hydrogens (tertiary/aromatic N) is 5. The van der Waals surface area contributed by atoms with Crippen molar-refractivity contribution in [2.24, 2.45) is 5.92 Å². The van der Waals surface area contributed by atoms with E-state index in [0.717, 1.165) is 34.9 Å². The fourth-order valence-corrected chi connectivity index (χ4v) is 6.85. The van der Waals surface area contributed by atoms with E-state index >= 15 is 4.39 Å². The van der Waals surface area contributed by atoms with E-state index in [4.69, 9.17) is 10.2 Å². The lowest BCUT2D eigenvalue weighted by atomic mass is 9.95. The van der Waals surface area contributed by atoms with Crippen molar-refractivity contribution >= 4 is 28.7 Å². The van der Waals surface area contributed by atoms with Gasteiger partial charge in [0, 0.05) is 61.2 Å². The number of alkyl halides is 3. The normalized spacial score (nSPS) is 13.8. The van der Waals surface area contributed by atoms with Crippen LogP contribution in [0.4, 0.5) is 23.5 Å². The van der Waals surface area contributed by atoms with E-state index in [0.29, 0.717) is 59.1 Å². The van der Waals surface area contributed by atoms with Crippen LogP contribution in [-0.4, -0.2) is 60.8 Å². The van der Waals surface area contributed by atoms with Crippen LogP contribution in [0, 0.1) is 11.7 Å². The van der Waals surface area contributed by atoms with Crippen LogP contribution in [0.15, 0.2) is 48.9 Å². The van der Waals surface area contributed by atoms with Crippen molar-refractivity contribution in [1.82, 2.24) is 35.4 Å². The fourth-order valence-electron chi connectivity index (χ4n) is 6.85. The number of halogens is 4. The molecule has 3 aromatic heterocycles. The van der Waals surface area contributed by atoms with Gasteiger partial charge in [-0.2, -0.15) is 18.3 Å². The summed E-state index contributed by atoms with van der Waals surface area (Å²) in [6, 6.07) is 8.51. The Labute approximate surface area is 297 Å². The Morgan fingerprint density at radius 2 is 1.75 bits per heavy atom. The van der Waals surface area contributed by atoms with Gasteiger partial charge in [-0.25, -0.2) is 19.0 Å². The molecule has 1 aliphatic rings. The maximum Gasteiger partial charge on any atom is 0.419 e. The number of nitrogens with one attached hydrogen (secondary N) is 3. The van der Waals surface area contributed by atoms with E-state index in [-0.39, 0.29) is 25.0 Å². The summed E-state index contributed by atoms with van der Waals surface area (Å²) in [5.41, 5.74) is 5.43. The van der Waals surface area contributed by atoms with Gasteiger partial charge in [0.1, 0.15) is 12.4 Å². The van der Waals surface area contributed by atoms with Gasteiger partial charge in [-0.3, -0.25) is 9.59 Å². The van der Waals surface area contributed by atoms with E-state index < -0.39 is 42.0 Å². The molecule has 274 valence electrons. The molecule has 0 aliphatic carbocycles. The van der Waals surface area contributed by atoms with E-state index in [1.54, 1.807) is 17.2 Å². The SMILES string of the molecule is CCc1cccc(CC)c1-n1nc2c(c1-c1c(F)cc(CN[C@H](C(=O)NCC(=O)O)C(C)C)c3[nH]ccc13)CN(c1ncc(C(F)(F)F)cn1)CC2. The molecule has 4 N–H and O–H groups in total. The molecule has 0 radical (unpaired) electrons. The highest BCUT2D eigenvalue weighted by molar-refractivity contribution is 5.98.